The summed E-state index contributed by atoms with van der Waals surface area (Å²) in [4.78, 5) is 2.17. The zero-order chi connectivity index (χ0) is 14.6. The van der Waals surface area contributed by atoms with Crippen molar-refractivity contribution in [3.8, 4) is 0 Å². The number of nitrogens with two attached hydrogens (primary N) is 1. The van der Waals surface area contributed by atoms with Crippen LogP contribution in [0.3, 0.4) is 0 Å². The predicted molar refractivity (Wildman–Crippen MR) is 79.5 cm³/mol. The second kappa shape index (κ2) is 6.49. The number of hydrogen-bond donors (Lipinski definition) is 1. The predicted octanol–water partition coefficient (Wildman–Crippen LogP) is 3.58. The molecule has 2 N–H and O–H groups in total. The summed E-state index contributed by atoms with van der Waals surface area (Å²) in [6.45, 7) is 9.46. The van der Waals surface area contributed by atoms with E-state index in [0.717, 1.165) is 13.0 Å². The van der Waals surface area contributed by atoms with Gasteiger partial charge in [0.05, 0.1) is 6.04 Å². The second-order valence-electron chi connectivity index (χ2n) is 6.51. The molecule has 0 radical (unpaired) electrons. The standard InChI is InChI=1S/C16H27FN2/c1-6-14(18)15(19(5)11-16(2,3)4)12-9-7-8-10-13(12)17/h7-10,14-15H,6,11,18H2,1-5H3. The lowest BCUT2D eigenvalue weighted by molar-refractivity contribution is 0.148. The summed E-state index contributed by atoms with van der Waals surface area (Å²) in [5.74, 6) is -0.169. The van der Waals surface area contributed by atoms with Gasteiger partial charge >= 0.3 is 0 Å². The number of benzene rings is 1. The van der Waals surface area contributed by atoms with Gasteiger partial charge in [0, 0.05) is 18.2 Å². The zero-order valence-electron chi connectivity index (χ0n) is 12.8. The molecule has 2 unspecified atom stereocenters. The van der Waals surface area contributed by atoms with E-state index in [9.17, 15) is 4.39 Å². The maximum atomic E-state index is 14.0. The fraction of sp³-hybridized carbons (Fsp3) is 0.625. The Morgan fingerprint density at radius 2 is 1.84 bits per heavy atom. The first-order chi connectivity index (χ1) is 8.76. The number of hydrogen-bond acceptors (Lipinski definition) is 2. The van der Waals surface area contributed by atoms with Gasteiger partial charge in [-0.15, -0.1) is 0 Å². The molecular formula is C16H27FN2. The van der Waals surface area contributed by atoms with Gasteiger partial charge in [0.15, 0.2) is 0 Å². The third kappa shape index (κ3) is 4.59. The Kier molecular flexibility index (Phi) is 5.50. The molecule has 0 aromatic heterocycles. The first kappa shape index (κ1) is 16.1. The van der Waals surface area contributed by atoms with Crippen LogP contribution in [0.25, 0.3) is 0 Å². The average Bonchev–Trinajstić information content (AvgIpc) is 2.29. The zero-order valence-corrected chi connectivity index (χ0v) is 12.8. The monoisotopic (exact) mass is 266 g/mol. The number of likely N-dealkylation sites (N-methyl/N-ethyl adjacent to an activating group) is 1. The smallest absolute Gasteiger partial charge is 0.128 e. The number of rotatable bonds is 5. The topological polar surface area (TPSA) is 29.3 Å². The van der Waals surface area contributed by atoms with Crippen LogP contribution >= 0.6 is 0 Å². The van der Waals surface area contributed by atoms with E-state index in [-0.39, 0.29) is 23.3 Å². The molecule has 1 aromatic carbocycles. The highest BCUT2D eigenvalue weighted by Gasteiger charge is 2.28. The van der Waals surface area contributed by atoms with Gasteiger partial charge < -0.3 is 5.73 Å². The summed E-state index contributed by atoms with van der Waals surface area (Å²) in [6.07, 6.45) is 0.827. The van der Waals surface area contributed by atoms with E-state index < -0.39 is 0 Å². The molecule has 0 amide bonds. The van der Waals surface area contributed by atoms with E-state index in [4.69, 9.17) is 5.73 Å². The van der Waals surface area contributed by atoms with Crippen LogP contribution in [0.5, 0.6) is 0 Å². The van der Waals surface area contributed by atoms with E-state index in [1.807, 2.05) is 26.1 Å². The lowest BCUT2D eigenvalue weighted by Crippen LogP contribution is -2.42. The Bertz CT molecular complexity index is 398. The van der Waals surface area contributed by atoms with Crippen LogP contribution in [-0.2, 0) is 0 Å². The van der Waals surface area contributed by atoms with Crippen LogP contribution in [0.2, 0.25) is 0 Å². The largest absolute Gasteiger partial charge is 0.326 e. The molecule has 2 atom stereocenters. The van der Waals surface area contributed by atoms with Crippen molar-refractivity contribution in [1.82, 2.24) is 4.90 Å². The van der Waals surface area contributed by atoms with Crippen LogP contribution in [-0.4, -0.2) is 24.5 Å². The van der Waals surface area contributed by atoms with Crippen molar-refractivity contribution in [3.05, 3.63) is 35.6 Å². The van der Waals surface area contributed by atoms with Gasteiger partial charge in [-0.2, -0.15) is 0 Å². The highest BCUT2D eigenvalue weighted by molar-refractivity contribution is 5.23. The first-order valence-electron chi connectivity index (χ1n) is 6.96. The molecule has 2 nitrogen and oxygen atoms in total. The summed E-state index contributed by atoms with van der Waals surface area (Å²) in [7, 11) is 2.03. The minimum Gasteiger partial charge on any atom is -0.326 e. The van der Waals surface area contributed by atoms with Crippen LogP contribution < -0.4 is 5.73 Å². The molecule has 0 spiro atoms. The number of halogens is 1. The van der Waals surface area contributed by atoms with Gasteiger partial charge in [-0.05, 0) is 24.9 Å². The molecule has 0 aliphatic carbocycles. The van der Waals surface area contributed by atoms with Gasteiger partial charge in [-0.1, -0.05) is 45.9 Å². The second-order valence-corrected chi connectivity index (χ2v) is 6.51. The van der Waals surface area contributed by atoms with Crippen molar-refractivity contribution in [2.45, 2.75) is 46.2 Å². The molecule has 3 heteroatoms. The molecule has 0 fully saturated rings. The highest BCUT2D eigenvalue weighted by Crippen LogP contribution is 2.29. The molecule has 19 heavy (non-hydrogen) atoms. The lowest BCUT2D eigenvalue weighted by atomic mass is 9.91. The molecule has 0 heterocycles. The minimum atomic E-state index is -0.169. The van der Waals surface area contributed by atoms with Gasteiger partial charge in [0.25, 0.3) is 0 Å². The summed E-state index contributed by atoms with van der Waals surface area (Å²) in [5, 5.41) is 0. The van der Waals surface area contributed by atoms with E-state index in [1.54, 1.807) is 6.07 Å². The van der Waals surface area contributed by atoms with Crippen LogP contribution in [0, 0.1) is 11.2 Å². The van der Waals surface area contributed by atoms with E-state index in [0.29, 0.717) is 5.56 Å². The third-order valence-corrected chi connectivity index (χ3v) is 3.30. The molecule has 0 saturated carbocycles. The molecule has 1 aromatic rings. The average molecular weight is 266 g/mol. The molecule has 108 valence electrons. The first-order valence-corrected chi connectivity index (χ1v) is 6.96. The van der Waals surface area contributed by atoms with Crippen molar-refractivity contribution >= 4 is 0 Å². The molecule has 0 saturated heterocycles. The molecule has 0 bridgehead atoms. The van der Waals surface area contributed by atoms with E-state index >= 15 is 0 Å². The fourth-order valence-corrected chi connectivity index (χ4v) is 2.58. The van der Waals surface area contributed by atoms with E-state index in [1.165, 1.54) is 6.07 Å². The normalized spacial score (nSPS) is 15.6. The summed E-state index contributed by atoms with van der Waals surface area (Å²) in [5.41, 5.74) is 7.09. The van der Waals surface area contributed by atoms with E-state index in [2.05, 4.69) is 25.7 Å². The quantitative estimate of drug-likeness (QED) is 0.882. The van der Waals surface area contributed by atoms with Gasteiger partial charge in [0.1, 0.15) is 5.82 Å². The van der Waals surface area contributed by atoms with Gasteiger partial charge in [-0.25, -0.2) is 4.39 Å². The molecule has 0 aliphatic heterocycles. The van der Waals surface area contributed by atoms with Crippen LogP contribution in [0.15, 0.2) is 24.3 Å². The van der Waals surface area contributed by atoms with Crippen molar-refractivity contribution in [2.75, 3.05) is 13.6 Å². The summed E-state index contributed by atoms with van der Waals surface area (Å²) >= 11 is 0. The maximum Gasteiger partial charge on any atom is 0.128 e. The van der Waals surface area contributed by atoms with Gasteiger partial charge in [0.2, 0.25) is 0 Å². The fourth-order valence-electron chi connectivity index (χ4n) is 2.58. The summed E-state index contributed by atoms with van der Waals surface area (Å²) < 4.78 is 14.0. The van der Waals surface area contributed by atoms with Crippen molar-refractivity contribution < 1.29 is 4.39 Å². The Labute approximate surface area is 116 Å². The van der Waals surface area contributed by atoms with Gasteiger partial charge in [-0.3, -0.25) is 4.90 Å². The van der Waals surface area contributed by atoms with Crippen LogP contribution in [0.1, 0.15) is 45.7 Å². The SMILES string of the molecule is CCC(N)C(c1ccccc1F)N(C)CC(C)(C)C. The molecule has 0 aliphatic rings. The summed E-state index contributed by atoms with van der Waals surface area (Å²) in [6, 6.07) is 6.80. The Morgan fingerprint density at radius 1 is 1.26 bits per heavy atom. The van der Waals surface area contributed by atoms with Crippen LogP contribution in [0.4, 0.5) is 4.39 Å². The Morgan fingerprint density at radius 3 is 2.32 bits per heavy atom. The number of nitrogens with zero attached hydrogens (tertiary/aromatic N) is 1. The lowest BCUT2D eigenvalue weighted by Gasteiger charge is -2.36. The third-order valence-electron chi connectivity index (χ3n) is 3.30. The Hall–Kier alpha value is -0.930. The molecule has 1 rings (SSSR count). The maximum absolute atomic E-state index is 14.0. The molecular weight excluding hydrogens is 239 g/mol. The van der Waals surface area contributed by atoms with Crippen molar-refractivity contribution in [2.24, 2.45) is 11.1 Å². The van der Waals surface area contributed by atoms with Crippen molar-refractivity contribution in [1.29, 1.82) is 0 Å². The minimum absolute atomic E-state index is 0.0655. The van der Waals surface area contributed by atoms with Crippen molar-refractivity contribution in [3.63, 3.8) is 0 Å². The highest BCUT2D eigenvalue weighted by atomic mass is 19.1. The Balaban J connectivity index is 3.05.